The Kier molecular flexibility index (Phi) is 9.24. The number of quaternary nitrogens is 1. The second-order valence-corrected chi connectivity index (χ2v) is 11.3. The van der Waals surface area contributed by atoms with Gasteiger partial charge in [0.1, 0.15) is 12.1 Å². The Hall–Kier alpha value is -1.76. The fraction of sp³-hybridized carbons (Fsp3) is 0.600. The van der Waals surface area contributed by atoms with Gasteiger partial charge in [0, 0.05) is 37.6 Å². The summed E-state index contributed by atoms with van der Waals surface area (Å²) in [5.41, 5.74) is 1.66. The molecule has 4 aliphatic heterocycles. The van der Waals surface area contributed by atoms with Gasteiger partial charge in [0.2, 0.25) is 0 Å². The first-order chi connectivity index (χ1) is 17.1. The number of ether oxygens (including phenoxy) is 1. The molecular formula is C30H42BrN3O2. The van der Waals surface area contributed by atoms with E-state index in [4.69, 9.17) is 4.74 Å². The minimum atomic E-state index is -0.719. The summed E-state index contributed by atoms with van der Waals surface area (Å²) in [6.07, 6.45) is 13.3. The van der Waals surface area contributed by atoms with E-state index < -0.39 is 5.54 Å². The monoisotopic (exact) mass is 555 g/mol. The van der Waals surface area contributed by atoms with Gasteiger partial charge in [0.05, 0.1) is 19.6 Å². The van der Waals surface area contributed by atoms with Crippen molar-refractivity contribution in [1.29, 1.82) is 0 Å². The molecule has 4 saturated heterocycles. The zero-order valence-corrected chi connectivity index (χ0v) is 23.4. The molecule has 1 unspecified atom stereocenters. The molecule has 0 radical (unpaired) electrons. The van der Waals surface area contributed by atoms with Crippen molar-refractivity contribution in [3.05, 3.63) is 66.0 Å². The van der Waals surface area contributed by atoms with Crippen LogP contribution in [0.4, 0.5) is 0 Å². The molecule has 196 valence electrons. The molecule has 0 spiro atoms. The van der Waals surface area contributed by atoms with Crippen molar-refractivity contribution in [3.8, 4) is 0 Å². The molecule has 0 N–H and O–H groups in total. The number of nitrogens with zero attached hydrogens (tertiary/aromatic N) is 3. The predicted octanol–water partition coefficient (Wildman–Crippen LogP) is 1.96. The molecule has 36 heavy (non-hydrogen) atoms. The smallest absolute Gasteiger partial charge is 0.331 e. The first-order valence-corrected chi connectivity index (χ1v) is 13.8. The largest absolute Gasteiger partial charge is 1.00 e. The second-order valence-electron chi connectivity index (χ2n) is 11.3. The number of pyridine rings is 1. The molecular weight excluding hydrogens is 514 g/mol. The summed E-state index contributed by atoms with van der Waals surface area (Å²) in [5, 5.41) is 0. The van der Waals surface area contributed by atoms with Gasteiger partial charge in [-0.3, -0.25) is 9.88 Å². The number of rotatable bonds is 8. The standard InChI is InChI=1S/C30H42N3O2.BrH/c1-30(27-13-5-4-6-14-27,32-18-7-2-3-8-19-32)29(34)35-28-24-33(21-15-26(28)16-22-33)20-10-12-25-11-9-17-31-23-25;/h4-6,9,11,13-14,17,23,26,28H,2-3,7-8,10,12,15-16,18-22,24H2,1H3;1H/q+1;/p-1/t26?,28-,30?,33?;/m0./s1. The molecule has 5 nitrogen and oxygen atoms in total. The number of carbonyl (C=O) groups is 1. The first kappa shape index (κ1) is 27.3. The predicted molar refractivity (Wildman–Crippen MR) is 139 cm³/mol. The van der Waals surface area contributed by atoms with Gasteiger partial charge in [-0.25, -0.2) is 4.79 Å². The van der Waals surface area contributed by atoms with Crippen LogP contribution in [0, 0.1) is 5.92 Å². The Morgan fingerprint density at radius 1 is 1.06 bits per heavy atom. The number of piperidine rings is 3. The van der Waals surface area contributed by atoms with Crippen molar-refractivity contribution < 1.29 is 31.0 Å². The maximum atomic E-state index is 14.0. The Morgan fingerprint density at radius 2 is 1.78 bits per heavy atom. The van der Waals surface area contributed by atoms with Gasteiger partial charge >= 0.3 is 5.97 Å². The fourth-order valence-electron chi connectivity index (χ4n) is 6.80. The number of benzene rings is 1. The lowest BCUT2D eigenvalue weighted by molar-refractivity contribution is -0.946. The van der Waals surface area contributed by atoms with Crippen molar-refractivity contribution >= 4 is 5.97 Å². The van der Waals surface area contributed by atoms with Crippen molar-refractivity contribution in [1.82, 2.24) is 9.88 Å². The van der Waals surface area contributed by atoms with Gasteiger partial charge in [0.25, 0.3) is 0 Å². The van der Waals surface area contributed by atoms with Crippen molar-refractivity contribution in [2.75, 3.05) is 39.3 Å². The van der Waals surface area contributed by atoms with Gasteiger partial charge < -0.3 is 26.2 Å². The second kappa shape index (κ2) is 12.2. The number of hydrogen-bond acceptors (Lipinski definition) is 4. The summed E-state index contributed by atoms with van der Waals surface area (Å²) in [5.74, 6) is 0.472. The highest BCUT2D eigenvalue weighted by Gasteiger charge is 2.50. The van der Waals surface area contributed by atoms with E-state index in [0.29, 0.717) is 5.92 Å². The molecule has 4 fully saturated rings. The summed E-state index contributed by atoms with van der Waals surface area (Å²) >= 11 is 0. The van der Waals surface area contributed by atoms with Crippen LogP contribution in [0.2, 0.25) is 0 Å². The molecule has 4 aliphatic rings. The Labute approximate surface area is 227 Å². The van der Waals surface area contributed by atoms with Crippen LogP contribution >= 0.6 is 0 Å². The lowest BCUT2D eigenvalue weighted by Crippen LogP contribution is -3.00. The van der Waals surface area contributed by atoms with Crippen LogP contribution in [-0.2, 0) is 21.5 Å². The van der Waals surface area contributed by atoms with E-state index in [1.165, 1.54) is 44.3 Å². The maximum Gasteiger partial charge on any atom is 0.331 e. The fourth-order valence-corrected chi connectivity index (χ4v) is 6.80. The molecule has 5 heterocycles. The van der Waals surface area contributed by atoms with Crippen LogP contribution < -0.4 is 17.0 Å². The van der Waals surface area contributed by atoms with Crippen LogP contribution in [0.1, 0.15) is 63.0 Å². The summed E-state index contributed by atoms with van der Waals surface area (Å²) in [6.45, 7) is 8.63. The molecule has 1 aromatic carbocycles. The van der Waals surface area contributed by atoms with Crippen LogP contribution in [-0.4, -0.2) is 65.7 Å². The maximum absolute atomic E-state index is 14.0. The van der Waals surface area contributed by atoms with Crippen molar-refractivity contribution in [2.45, 2.75) is 69.9 Å². The zero-order valence-electron chi connectivity index (χ0n) is 21.8. The van der Waals surface area contributed by atoms with Gasteiger partial charge in [-0.15, -0.1) is 0 Å². The molecule has 6 rings (SSSR count). The third-order valence-electron chi connectivity index (χ3n) is 9.09. The zero-order chi connectivity index (χ0) is 24.1. The molecule has 2 bridgehead atoms. The minimum absolute atomic E-state index is 0. The number of aryl methyl sites for hydroxylation is 1. The number of esters is 1. The number of likely N-dealkylation sites (tertiary alicyclic amines) is 1. The molecule has 0 aliphatic carbocycles. The lowest BCUT2D eigenvalue weighted by Gasteiger charge is -2.52. The van der Waals surface area contributed by atoms with Crippen molar-refractivity contribution in [3.63, 3.8) is 0 Å². The lowest BCUT2D eigenvalue weighted by atomic mass is 9.82. The highest BCUT2D eigenvalue weighted by molar-refractivity contribution is 5.82. The van der Waals surface area contributed by atoms with E-state index in [1.54, 1.807) is 0 Å². The highest BCUT2D eigenvalue weighted by Crippen LogP contribution is 2.38. The van der Waals surface area contributed by atoms with E-state index >= 15 is 0 Å². The van der Waals surface area contributed by atoms with Crippen LogP contribution in [0.25, 0.3) is 0 Å². The summed E-state index contributed by atoms with van der Waals surface area (Å²) < 4.78 is 7.63. The molecule has 2 aromatic rings. The van der Waals surface area contributed by atoms with E-state index in [9.17, 15) is 4.79 Å². The number of aromatic nitrogens is 1. The van der Waals surface area contributed by atoms with E-state index in [2.05, 4.69) is 47.1 Å². The quantitative estimate of drug-likeness (QED) is 0.369. The topological polar surface area (TPSA) is 42.4 Å². The van der Waals surface area contributed by atoms with E-state index in [0.717, 1.165) is 61.9 Å². The summed E-state index contributed by atoms with van der Waals surface area (Å²) in [7, 11) is 0. The SMILES string of the molecule is CC(C(=O)O[C@H]1C[N+]2(CCCc3cccnc3)CCC1CC2)(c1ccccc1)N1CCCCCC1.[Br-]. The summed E-state index contributed by atoms with van der Waals surface area (Å²) in [4.78, 5) is 20.7. The van der Waals surface area contributed by atoms with Crippen LogP contribution in [0.15, 0.2) is 54.9 Å². The highest BCUT2D eigenvalue weighted by atomic mass is 79.9. The molecule has 1 aromatic heterocycles. The third-order valence-corrected chi connectivity index (χ3v) is 9.09. The average Bonchev–Trinajstić information content (AvgIpc) is 3.20. The number of hydrogen-bond donors (Lipinski definition) is 0. The summed E-state index contributed by atoms with van der Waals surface area (Å²) in [6, 6.07) is 14.5. The van der Waals surface area contributed by atoms with Crippen molar-refractivity contribution in [2.24, 2.45) is 5.92 Å². The normalized spacial score (nSPS) is 27.9. The van der Waals surface area contributed by atoms with E-state index in [-0.39, 0.29) is 29.1 Å². The van der Waals surface area contributed by atoms with Crippen LogP contribution in [0.3, 0.4) is 0 Å². The Morgan fingerprint density at radius 3 is 2.44 bits per heavy atom. The average molecular weight is 557 g/mol. The molecule has 0 amide bonds. The van der Waals surface area contributed by atoms with Gasteiger partial charge in [-0.05, 0) is 56.5 Å². The third kappa shape index (κ3) is 5.87. The van der Waals surface area contributed by atoms with Gasteiger partial charge in [-0.2, -0.15) is 0 Å². The first-order valence-electron chi connectivity index (χ1n) is 13.8. The Balaban J connectivity index is 0.00000304. The number of fused-ring (bicyclic) bond motifs is 3. The molecule has 6 heteroatoms. The number of halogens is 1. The Bertz CT molecular complexity index is 957. The van der Waals surface area contributed by atoms with E-state index in [1.807, 2.05) is 24.5 Å². The van der Waals surface area contributed by atoms with Crippen LogP contribution in [0.5, 0.6) is 0 Å². The molecule has 0 saturated carbocycles. The van der Waals surface area contributed by atoms with Gasteiger partial charge in [-0.1, -0.05) is 49.2 Å². The number of carbonyl (C=O) groups excluding carboxylic acids is 1. The van der Waals surface area contributed by atoms with Gasteiger partial charge in [0.15, 0.2) is 6.10 Å². The molecule has 2 atom stereocenters. The minimum Gasteiger partial charge on any atom is -1.00 e.